The van der Waals surface area contributed by atoms with Gasteiger partial charge in [0, 0.05) is 30.7 Å². The van der Waals surface area contributed by atoms with E-state index in [0.29, 0.717) is 12.1 Å². The molecule has 1 aromatic rings. The molecule has 0 saturated heterocycles. The van der Waals surface area contributed by atoms with Crippen LogP contribution in [0.15, 0.2) is 29.2 Å². The second kappa shape index (κ2) is 8.06. The van der Waals surface area contributed by atoms with Crippen LogP contribution in [-0.4, -0.2) is 37.8 Å². The molecule has 2 unspecified atom stereocenters. The molecule has 144 valence electrons. The fourth-order valence-electron chi connectivity index (χ4n) is 4.04. The Morgan fingerprint density at radius 2 is 1.88 bits per heavy atom. The quantitative estimate of drug-likeness (QED) is 0.823. The van der Waals surface area contributed by atoms with Crippen molar-refractivity contribution >= 4 is 21.6 Å². The smallest absolute Gasteiger partial charge is 0.243 e. The molecule has 2 fully saturated rings. The maximum Gasteiger partial charge on any atom is 0.243 e. The van der Waals surface area contributed by atoms with E-state index in [1.807, 2.05) is 0 Å². The first-order valence-electron chi connectivity index (χ1n) is 9.52. The summed E-state index contributed by atoms with van der Waals surface area (Å²) in [7, 11) is -1.90. The van der Waals surface area contributed by atoms with E-state index in [2.05, 4.69) is 5.32 Å². The van der Waals surface area contributed by atoms with Gasteiger partial charge in [0.05, 0.1) is 4.90 Å². The van der Waals surface area contributed by atoms with Crippen LogP contribution in [0, 0.1) is 5.92 Å². The largest absolute Gasteiger partial charge is 0.328 e. The highest BCUT2D eigenvalue weighted by molar-refractivity contribution is 7.89. The molecule has 1 aromatic carbocycles. The molecule has 0 aliphatic heterocycles. The Morgan fingerprint density at radius 1 is 1.15 bits per heavy atom. The molecule has 2 atom stereocenters. The van der Waals surface area contributed by atoms with Gasteiger partial charge < -0.3 is 11.1 Å². The highest BCUT2D eigenvalue weighted by Gasteiger charge is 2.30. The Balaban J connectivity index is 1.72. The lowest BCUT2D eigenvalue weighted by Crippen LogP contribution is -2.38. The van der Waals surface area contributed by atoms with Crippen molar-refractivity contribution in [3.63, 3.8) is 0 Å². The number of benzene rings is 1. The number of carbonyl (C=O) groups excluding carboxylic acids is 1. The Morgan fingerprint density at radius 3 is 2.54 bits per heavy atom. The third kappa shape index (κ3) is 4.27. The summed E-state index contributed by atoms with van der Waals surface area (Å²) in [5.41, 5.74) is 6.40. The Bertz CT molecular complexity index is 744. The Hall–Kier alpha value is -1.44. The summed E-state index contributed by atoms with van der Waals surface area (Å²) in [6.45, 7) is 0. The maximum atomic E-state index is 13.0. The molecule has 2 saturated carbocycles. The van der Waals surface area contributed by atoms with Gasteiger partial charge in [-0.1, -0.05) is 25.3 Å². The standard InChI is InChI=1S/C19H29N3O3S/c1-22(17-7-3-2-4-8-17)26(24,25)18-9-5-6-16(13-18)21-19(23)14-10-11-15(20)12-14/h5-6,9,13-15,17H,2-4,7-8,10-12,20H2,1H3,(H,21,23). The molecule has 7 heteroatoms. The van der Waals surface area contributed by atoms with Crippen molar-refractivity contribution in [2.75, 3.05) is 12.4 Å². The van der Waals surface area contributed by atoms with Gasteiger partial charge in [0.25, 0.3) is 0 Å². The summed E-state index contributed by atoms with van der Waals surface area (Å²) in [5, 5.41) is 2.86. The molecule has 3 rings (SSSR count). The summed E-state index contributed by atoms with van der Waals surface area (Å²) in [5.74, 6) is -0.164. The molecular weight excluding hydrogens is 350 g/mol. The van der Waals surface area contributed by atoms with Crippen LogP contribution in [-0.2, 0) is 14.8 Å². The van der Waals surface area contributed by atoms with E-state index in [9.17, 15) is 13.2 Å². The summed E-state index contributed by atoms with van der Waals surface area (Å²) >= 11 is 0. The van der Waals surface area contributed by atoms with Crippen molar-refractivity contribution in [3.8, 4) is 0 Å². The number of anilines is 1. The molecule has 26 heavy (non-hydrogen) atoms. The fourth-order valence-corrected chi connectivity index (χ4v) is 5.50. The van der Waals surface area contributed by atoms with Crippen molar-refractivity contribution in [3.05, 3.63) is 24.3 Å². The predicted molar refractivity (Wildman–Crippen MR) is 102 cm³/mol. The zero-order valence-corrected chi connectivity index (χ0v) is 16.2. The van der Waals surface area contributed by atoms with Crippen LogP contribution in [0.2, 0.25) is 0 Å². The van der Waals surface area contributed by atoms with Gasteiger partial charge in [0.1, 0.15) is 0 Å². The van der Waals surface area contributed by atoms with E-state index in [4.69, 9.17) is 5.73 Å². The minimum absolute atomic E-state index is 0.0620. The molecular formula is C19H29N3O3S. The maximum absolute atomic E-state index is 13.0. The number of hydrogen-bond acceptors (Lipinski definition) is 4. The molecule has 2 aliphatic carbocycles. The number of amides is 1. The molecule has 2 aliphatic rings. The molecule has 0 radical (unpaired) electrons. The van der Waals surface area contributed by atoms with Gasteiger partial charge in [-0.05, 0) is 50.3 Å². The van der Waals surface area contributed by atoms with Crippen LogP contribution < -0.4 is 11.1 Å². The van der Waals surface area contributed by atoms with E-state index >= 15 is 0 Å². The van der Waals surface area contributed by atoms with Gasteiger partial charge in [0.15, 0.2) is 0 Å². The summed E-state index contributed by atoms with van der Waals surface area (Å²) in [6, 6.07) is 6.70. The highest BCUT2D eigenvalue weighted by atomic mass is 32.2. The number of carbonyl (C=O) groups is 1. The van der Waals surface area contributed by atoms with Gasteiger partial charge >= 0.3 is 0 Å². The van der Waals surface area contributed by atoms with Crippen molar-refractivity contribution < 1.29 is 13.2 Å². The first-order chi connectivity index (χ1) is 12.4. The molecule has 0 spiro atoms. The number of sulfonamides is 1. The van der Waals surface area contributed by atoms with E-state index in [0.717, 1.165) is 38.5 Å². The lowest BCUT2D eigenvalue weighted by molar-refractivity contribution is -0.119. The average molecular weight is 380 g/mol. The Labute approximate surface area is 156 Å². The predicted octanol–water partition coefficient (Wildman–Crippen LogP) is 2.71. The second-order valence-corrected chi connectivity index (χ2v) is 9.60. The van der Waals surface area contributed by atoms with Crippen molar-refractivity contribution in [1.29, 1.82) is 0 Å². The lowest BCUT2D eigenvalue weighted by atomic mass is 9.96. The number of nitrogens with one attached hydrogen (secondary N) is 1. The first kappa shape index (κ1) is 19.3. The third-order valence-electron chi connectivity index (χ3n) is 5.71. The number of rotatable bonds is 5. The third-order valence-corrected chi connectivity index (χ3v) is 7.62. The van der Waals surface area contributed by atoms with Crippen molar-refractivity contribution in [2.45, 2.75) is 68.3 Å². The highest BCUT2D eigenvalue weighted by Crippen LogP contribution is 2.28. The van der Waals surface area contributed by atoms with E-state index < -0.39 is 10.0 Å². The zero-order chi connectivity index (χ0) is 18.7. The Kier molecular flexibility index (Phi) is 5.99. The lowest BCUT2D eigenvalue weighted by Gasteiger charge is -2.30. The zero-order valence-electron chi connectivity index (χ0n) is 15.4. The van der Waals surface area contributed by atoms with Crippen LogP contribution in [0.3, 0.4) is 0 Å². The molecule has 0 aromatic heterocycles. The molecule has 0 heterocycles. The minimum Gasteiger partial charge on any atom is -0.328 e. The molecule has 6 nitrogen and oxygen atoms in total. The van der Waals surface area contributed by atoms with Crippen LogP contribution in [0.25, 0.3) is 0 Å². The molecule has 1 amide bonds. The number of hydrogen-bond donors (Lipinski definition) is 2. The molecule has 3 N–H and O–H groups in total. The monoisotopic (exact) mass is 379 g/mol. The van der Waals surface area contributed by atoms with E-state index in [1.165, 1.54) is 10.7 Å². The van der Waals surface area contributed by atoms with Crippen LogP contribution in [0.5, 0.6) is 0 Å². The first-order valence-corrected chi connectivity index (χ1v) is 11.0. The molecule has 0 bridgehead atoms. The summed E-state index contributed by atoms with van der Waals surface area (Å²) in [4.78, 5) is 12.6. The minimum atomic E-state index is -3.56. The topological polar surface area (TPSA) is 92.5 Å². The van der Waals surface area contributed by atoms with Crippen LogP contribution >= 0.6 is 0 Å². The fraction of sp³-hybridized carbons (Fsp3) is 0.632. The normalized spacial score (nSPS) is 24.7. The van der Waals surface area contributed by atoms with Crippen molar-refractivity contribution in [2.24, 2.45) is 11.7 Å². The van der Waals surface area contributed by atoms with Crippen LogP contribution in [0.4, 0.5) is 5.69 Å². The summed E-state index contributed by atoms with van der Waals surface area (Å²) < 4.78 is 27.4. The van der Waals surface area contributed by atoms with Gasteiger partial charge in [-0.25, -0.2) is 8.42 Å². The van der Waals surface area contributed by atoms with Gasteiger partial charge in [-0.2, -0.15) is 4.31 Å². The van der Waals surface area contributed by atoms with E-state index in [-0.39, 0.29) is 28.8 Å². The van der Waals surface area contributed by atoms with Gasteiger partial charge in [-0.3, -0.25) is 4.79 Å². The number of nitrogens with zero attached hydrogens (tertiary/aromatic N) is 1. The van der Waals surface area contributed by atoms with Crippen molar-refractivity contribution in [1.82, 2.24) is 4.31 Å². The van der Waals surface area contributed by atoms with Crippen LogP contribution in [0.1, 0.15) is 51.4 Å². The van der Waals surface area contributed by atoms with E-state index in [1.54, 1.807) is 31.3 Å². The summed E-state index contributed by atoms with van der Waals surface area (Å²) in [6.07, 6.45) is 7.48. The van der Waals surface area contributed by atoms with Gasteiger partial charge in [-0.15, -0.1) is 0 Å². The SMILES string of the molecule is CN(C1CCCCC1)S(=O)(=O)c1cccc(NC(=O)C2CCC(N)C2)c1. The number of nitrogens with two attached hydrogens (primary N) is 1. The average Bonchev–Trinajstić information content (AvgIpc) is 3.08. The second-order valence-electron chi connectivity index (χ2n) is 7.60. The van der Waals surface area contributed by atoms with Gasteiger partial charge in [0.2, 0.25) is 15.9 Å².